The summed E-state index contributed by atoms with van der Waals surface area (Å²) in [6.07, 6.45) is 0. The fourth-order valence-electron chi connectivity index (χ4n) is 3.27. The van der Waals surface area contributed by atoms with E-state index in [4.69, 9.17) is 34.8 Å². The Hall–Kier alpha value is -1.83. The zero-order valence-corrected chi connectivity index (χ0v) is 19.2. The van der Waals surface area contributed by atoms with E-state index in [0.717, 1.165) is 31.9 Å². The summed E-state index contributed by atoms with van der Waals surface area (Å²) in [5.74, 6) is -0.341. The molecule has 4 rings (SSSR count). The molecule has 156 valence electrons. The molecule has 1 fully saturated rings. The maximum absolute atomic E-state index is 12.9. The van der Waals surface area contributed by atoms with Gasteiger partial charge < -0.3 is 15.1 Å². The van der Waals surface area contributed by atoms with Crippen LogP contribution in [0, 0.1) is 0 Å². The number of carbonyl (C=O) groups is 1. The van der Waals surface area contributed by atoms with Crippen LogP contribution in [0.15, 0.2) is 42.5 Å². The Kier molecular flexibility index (Phi) is 6.51. The number of thiazole rings is 1. The van der Waals surface area contributed by atoms with Gasteiger partial charge in [0, 0.05) is 37.6 Å². The number of benzene rings is 2. The Morgan fingerprint density at radius 2 is 1.63 bits per heavy atom. The maximum atomic E-state index is 12.9. The molecule has 2 heterocycles. The summed E-state index contributed by atoms with van der Waals surface area (Å²) >= 11 is 19.7. The van der Waals surface area contributed by atoms with Gasteiger partial charge in [0.05, 0.1) is 15.6 Å². The Morgan fingerprint density at radius 3 is 2.27 bits per heavy atom. The van der Waals surface area contributed by atoms with Crippen molar-refractivity contribution in [2.45, 2.75) is 0 Å². The van der Waals surface area contributed by atoms with E-state index in [-0.39, 0.29) is 26.5 Å². The van der Waals surface area contributed by atoms with E-state index in [1.165, 1.54) is 17.0 Å². The predicted octanol–water partition coefficient (Wildman–Crippen LogP) is 5.83. The molecule has 0 radical (unpaired) electrons. The number of aromatic nitrogens is 1. The molecule has 1 aliphatic rings. The molecular weight excluding hydrogens is 463 g/mol. The second-order valence-corrected chi connectivity index (χ2v) is 9.20. The Labute approximate surface area is 194 Å². The van der Waals surface area contributed by atoms with Gasteiger partial charge in [-0.3, -0.25) is 4.79 Å². The first-order valence-corrected chi connectivity index (χ1v) is 11.3. The second-order valence-electron chi connectivity index (χ2n) is 7.03. The number of ketones is 1. The lowest BCUT2D eigenvalue weighted by Crippen LogP contribution is -2.44. The van der Waals surface area contributed by atoms with Gasteiger partial charge in [0.15, 0.2) is 10.3 Å². The van der Waals surface area contributed by atoms with Crippen LogP contribution in [0.25, 0.3) is 0 Å². The third-order valence-electron chi connectivity index (χ3n) is 4.97. The van der Waals surface area contributed by atoms with Crippen LogP contribution < -0.4 is 10.2 Å². The summed E-state index contributed by atoms with van der Waals surface area (Å²) < 4.78 is 0. The molecule has 3 aromatic rings. The van der Waals surface area contributed by atoms with Crippen LogP contribution in [0.4, 0.5) is 16.5 Å². The van der Waals surface area contributed by atoms with E-state index in [1.54, 1.807) is 18.2 Å². The molecule has 0 spiro atoms. The van der Waals surface area contributed by atoms with Crippen LogP contribution in [0.2, 0.25) is 15.2 Å². The second kappa shape index (κ2) is 9.12. The Morgan fingerprint density at radius 1 is 1.00 bits per heavy atom. The summed E-state index contributed by atoms with van der Waals surface area (Å²) in [7, 11) is 2.14. The number of hydrogen-bond acceptors (Lipinski definition) is 6. The number of halogens is 3. The van der Waals surface area contributed by atoms with E-state index in [1.807, 2.05) is 12.1 Å². The predicted molar refractivity (Wildman–Crippen MR) is 126 cm³/mol. The van der Waals surface area contributed by atoms with Crippen molar-refractivity contribution < 1.29 is 4.79 Å². The number of nitrogens with zero attached hydrogens (tertiary/aromatic N) is 3. The first-order chi connectivity index (χ1) is 14.4. The summed E-state index contributed by atoms with van der Waals surface area (Å²) in [6.45, 7) is 4.15. The number of hydrogen-bond donors (Lipinski definition) is 1. The van der Waals surface area contributed by atoms with Crippen LogP contribution in [-0.2, 0) is 0 Å². The lowest BCUT2D eigenvalue weighted by molar-refractivity contribution is 0.104. The molecule has 0 saturated carbocycles. The van der Waals surface area contributed by atoms with Gasteiger partial charge in [-0.2, -0.15) is 0 Å². The van der Waals surface area contributed by atoms with Crippen LogP contribution in [0.3, 0.4) is 0 Å². The van der Waals surface area contributed by atoms with Crippen LogP contribution in [0.1, 0.15) is 15.2 Å². The zero-order valence-electron chi connectivity index (χ0n) is 16.2. The van der Waals surface area contributed by atoms with Crippen molar-refractivity contribution in [3.8, 4) is 0 Å². The molecule has 30 heavy (non-hydrogen) atoms. The third kappa shape index (κ3) is 4.58. The molecule has 9 heteroatoms. The van der Waals surface area contributed by atoms with Gasteiger partial charge >= 0.3 is 0 Å². The van der Waals surface area contributed by atoms with Crippen molar-refractivity contribution in [3.05, 3.63) is 68.1 Å². The molecule has 1 saturated heterocycles. The van der Waals surface area contributed by atoms with Crippen molar-refractivity contribution in [1.82, 2.24) is 9.88 Å². The van der Waals surface area contributed by atoms with E-state index < -0.39 is 0 Å². The summed E-state index contributed by atoms with van der Waals surface area (Å²) in [6, 6.07) is 13.1. The molecule has 0 unspecified atom stereocenters. The third-order valence-corrected chi connectivity index (χ3v) is 6.95. The number of rotatable bonds is 5. The SMILES string of the molecule is CN1CCN(c2ccc(Nc3nc(Cl)c(C(=O)c4c(Cl)cccc4Cl)s3)cc2)CC1. The van der Waals surface area contributed by atoms with Gasteiger partial charge in [0.1, 0.15) is 4.88 Å². The van der Waals surface area contributed by atoms with E-state index >= 15 is 0 Å². The van der Waals surface area contributed by atoms with Crippen molar-refractivity contribution in [1.29, 1.82) is 0 Å². The van der Waals surface area contributed by atoms with Gasteiger partial charge in [-0.05, 0) is 43.4 Å². The van der Waals surface area contributed by atoms with E-state index in [2.05, 4.69) is 39.3 Å². The quantitative estimate of drug-likeness (QED) is 0.465. The molecule has 1 aromatic heterocycles. The van der Waals surface area contributed by atoms with E-state index in [0.29, 0.717) is 10.0 Å². The summed E-state index contributed by atoms with van der Waals surface area (Å²) in [5, 5.41) is 4.43. The lowest BCUT2D eigenvalue weighted by Gasteiger charge is -2.34. The minimum absolute atomic E-state index is 0.123. The smallest absolute Gasteiger partial charge is 0.209 e. The average Bonchev–Trinajstić information content (AvgIpc) is 3.09. The van der Waals surface area contributed by atoms with Crippen molar-refractivity contribution in [2.24, 2.45) is 0 Å². The fraction of sp³-hybridized carbons (Fsp3) is 0.238. The standard InChI is InChI=1S/C21H19Cl3N4OS/c1-27-9-11-28(12-10-27)14-7-5-13(6-8-14)25-21-26-20(24)19(30-21)18(29)17-15(22)3-2-4-16(17)23/h2-8H,9-12H2,1H3,(H,25,26). The number of likely N-dealkylation sites (N-methyl/N-ethyl adjacent to an activating group) is 1. The van der Waals surface area contributed by atoms with Gasteiger partial charge in [-0.15, -0.1) is 0 Å². The molecule has 5 nitrogen and oxygen atoms in total. The number of carbonyl (C=O) groups excluding carboxylic acids is 1. The number of nitrogens with one attached hydrogen (secondary N) is 1. The van der Waals surface area contributed by atoms with Gasteiger partial charge in [-0.1, -0.05) is 52.2 Å². The van der Waals surface area contributed by atoms with Gasteiger partial charge in [0.25, 0.3) is 0 Å². The largest absolute Gasteiger partial charge is 0.369 e. The van der Waals surface area contributed by atoms with Crippen LogP contribution in [0.5, 0.6) is 0 Å². The fourth-order valence-corrected chi connectivity index (χ4v) is 5.00. The van der Waals surface area contributed by atoms with Crippen LogP contribution >= 0.6 is 46.1 Å². The molecule has 0 bridgehead atoms. The highest BCUT2D eigenvalue weighted by Gasteiger charge is 2.23. The number of anilines is 3. The molecule has 0 amide bonds. The zero-order chi connectivity index (χ0) is 21.3. The van der Waals surface area contributed by atoms with Gasteiger partial charge in [-0.25, -0.2) is 4.98 Å². The maximum Gasteiger partial charge on any atom is 0.209 e. The topological polar surface area (TPSA) is 48.5 Å². The molecule has 1 N–H and O–H groups in total. The Bertz CT molecular complexity index is 1040. The first kappa shape index (κ1) is 21.4. The van der Waals surface area contributed by atoms with E-state index in [9.17, 15) is 4.79 Å². The number of piperazine rings is 1. The minimum atomic E-state index is -0.341. The summed E-state index contributed by atoms with van der Waals surface area (Å²) in [4.78, 5) is 22.2. The first-order valence-electron chi connectivity index (χ1n) is 9.38. The molecule has 1 aliphatic heterocycles. The molecule has 2 aromatic carbocycles. The molecular formula is C21H19Cl3N4OS. The monoisotopic (exact) mass is 480 g/mol. The van der Waals surface area contributed by atoms with Gasteiger partial charge in [0.2, 0.25) is 5.78 Å². The highest BCUT2D eigenvalue weighted by atomic mass is 35.5. The van der Waals surface area contributed by atoms with Crippen molar-refractivity contribution in [3.63, 3.8) is 0 Å². The van der Waals surface area contributed by atoms with Crippen LogP contribution in [-0.4, -0.2) is 48.9 Å². The molecule has 0 atom stereocenters. The van der Waals surface area contributed by atoms with Crippen molar-refractivity contribution in [2.75, 3.05) is 43.4 Å². The normalized spacial score (nSPS) is 14.7. The average molecular weight is 482 g/mol. The lowest BCUT2D eigenvalue weighted by atomic mass is 10.1. The highest BCUT2D eigenvalue weighted by molar-refractivity contribution is 7.18. The highest BCUT2D eigenvalue weighted by Crippen LogP contribution is 2.35. The Balaban J connectivity index is 1.49. The van der Waals surface area contributed by atoms with Crippen molar-refractivity contribution >= 4 is 68.4 Å². The molecule has 0 aliphatic carbocycles. The summed E-state index contributed by atoms with van der Waals surface area (Å²) in [5.41, 5.74) is 2.29. The minimum Gasteiger partial charge on any atom is -0.369 e.